The van der Waals surface area contributed by atoms with Crippen LogP contribution in [0.25, 0.3) is 0 Å². The van der Waals surface area contributed by atoms with E-state index in [2.05, 4.69) is 10.3 Å². The molecule has 0 saturated carbocycles. The van der Waals surface area contributed by atoms with Gasteiger partial charge in [-0.2, -0.15) is 0 Å². The highest BCUT2D eigenvalue weighted by Crippen LogP contribution is 2.14. The van der Waals surface area contributed by atoms with Crippen molar-refractivity contribution in [3.8, 4) is 0 Å². The molecule has 0 radical (unpaired) electrons. The maximum Gasteiger partial charge on any atom is 0.0798 e. The Morgan fingerprint density at radius 1 is 1.60 bits per heavy atom. The Morgan fingerprint density at radius 3 is 2.93 bits per heavy atom. The number of nitrogens with one attached hydrogen (secondary N) is 1. The fraction of sp³-hybridized carbons (Fsp3) is 0.700. The van der Waals surface area contributed by atoms with Gasteiger partial charge in [0.2, 0.25) is 0 Å². The first-order valence-electron chi connectivity index (χ1n) is 5.23. The normalized spacial score (nSPS) is 26.7. The molecule has 0 amide bonds. The van der Waals surface area contributed by atoms with Crippen LogP contribution in [-0.2, 0) is 17.3 Å². The smallest absolute Gasteiger partial charge is 0.0798 e. The summed E-state index contributed by atoms with van der Waals surface area (Å²) in [7, 11) is -0.555. The third-order valence-corrected chi connectivity index (χ3v) is 5.10. The number of thiazole rings is 1. The van der Waals surface area contributed by atoms with Gasteiger partial charge in [0.25, 0.3) is 0 Å². The molecule has 1 aliphatic rings. The van der Waals surface area contributed by atoms with Crippen LogP contribution in [-0.4, -0.2) is 26.7 Å². The van der Waals surface area contributed by atoms with Crippen molar-refractivity contribution in [2.45, 2.75) is 32.4 Å². The van der Waals surface area contributed by atoms with E-state index >= 15 is 0 Å². The van der Waals surface area contributed by atoms with E-state index in [9.17, 15) is 4.21 Å². The molecule has 84 valence electrons. The molecule has 5 heteroatoms. The van der Waals surface area contributed by atoms with Gasteiger partial charge in [-0.25, -0.2) is 4.98 Å². The fourth-order valence-electron chi connectivity index (χ4n) is 1.73. The molecule has 1 aliphatic heterocycles. The van der Waals surface area contributed by atoms with Crippen molar-refractivity contribution in [3.05, 3.63) is 16.1 Å². The Labute approximate surface area is 96.8 Å². The van der Waals surface area contributed by atoms with Gasteiger partial charge in [-0.15, -0.1) is 11.3 Å². The Kier molecular flexibility index (Phi) is 3.88. The summed E-state index contributed by atoms with van der Waals surface area (Å²) < 4.78 is 11.2. The molecule has 3 nitrogen and oxygen atoms in total. The van der Waals surface area contributed by atoms with Crippen LogP contribution in [0.3, 0.4) is 0 Å². The predicted molar refractivity (Wildman–Crippen MR) is 64.6 cm³/mol. The summed E-state index contributed by atoms with van der Waals surface area (Å²) in [6, 6.07) is 0.546. The summed E-state index contributed by atoms with van der Waals surface area (Å²) in [5.41, 5.74) is 3.02. The summed E-state index contributed by atoms with van der Waals surface area (Å²) in [5.74, 6) is 1.72. The average Bonchev–Trinajstić information content (AvgIpc) is 2.63. The Bertz CT molecular complexity index is 341. The highest BCUT2D eigenvalue weighted by molar-refractivity contribution is 7.85. The first-order valence-corrected chi connectivity index (χ1v) is 7.60. The van der Waals surface area contributed by atoms with Gasteiger partial charge >= 0.3 is 0 Å². The molecule has 0 unspecified atom stereocenters. The molecule has 1 fully saturated rings. The first kappa shape index (κ1) is 11.2. The first-order chi connectivity index (χ1) is 7.25. The molecule has 0 bridgehead atoms. The zero-order valence-electron chi connectivity index (χ0n) is 8.86. The second-order valence-corrected chi connectivity index (χ2v) is 6.50. The topological polar surface area (TPSA) is 42.0 Å². The summed E-state index contributed by atoms with van der Waals surface area (Å²) in [6.45, 7) is 2.96. The quantitative estimate of drug-likeness (QED) is 0.875. The predicted octanol–water partition coefficient (Wildman–Crippen LogP) is 1.45. The third-order valence-electron chi connectivity index (χ3n) is 2.78. The minimum absolute atomic E-state index is 0.546. The van der Waals surface area contributed by atoms with Crippen molar-refractivity contribution in [1.29, 1.82) is 0 Å². The van der Waals surface area contributed by atoms with Gasteiger partial charge in [0.1, 0.15) is 0 Å². The minimum Gasteiger partial charge on any atom is -0.309 e. The van der Waals surface area contributed by atoms with Crippen molar-refractivity contribution in [2.24, 2.45) is 0 Å². The van der Waals surface area contributed by atoms with Crippen molar-refractivity contribution in [2.75, 3.05) is 11.5 Å². The SMILES string of the molecule is Cc1ncsc1CNC1CCS(=O)CC1. The van der Waals surface area contributed by atoms with Crippen molar-refractivity contribution in [3.63, 3.8) is 0 Å². The number of aryl methyl sites for hydroxylation is 1. The van der Waals surface area contributed by atoms with Crippen LogP contribution in [0, 0.1) is 6.92 Å². The molecule has 1 N–H and O–H groups in total. The largest absolute Gasteiger partial charge is 0.309 e. The van der Waals surface area contributed by atoms with Crippen LogP contribution in [0.15, 0.2) is 5.51 Å². The molecule has 0 spiro atoms. The maximum absolute atomic E-state index is 11.2. The van der Waals surface area contributed by atoms with Gasteiger partial charge in [-0.05, 0) is 19.8 Å². The lowest BCUT2D eigenvalue weighted by molar-refractivity contribution is 0.476. The maximum atomic E-state index is 11.2. The zero-order chi connectivity index (χ0) is 10.7. The molecule has 1 saturated heterocycles. The van der Waals surface area contributed by atoms with E-state index in [1.807, 2.05) is 12.4 Å². The molecule has 1 aromatic rings. The molecule has 1 aromatic heterocycles. The molecule has 0 aliphatic carbocycles. The van der Waals surface area contributed by atoms with Crippen LogP contribution in [0.2, 0.25) is 0 Å². The fourth-order valence-corrected chi connectivity index (χ4v) is 3.76. The van der Waals surface area contributed by atoms with Crippen LogP contribution >= 0.6 is 11.3 Å². The van der Waals surface area contributed by atoms with Gasteiger partial charge in [0.15, 0.2) is 0 Å². The van der Waals surface area contributed by atoms with Gasteiger partial charge < -0.3 is 5.32 Å². The van der Waals surface area contributed by atoms with Crippen LogP contribution < -0.4 is 5.32 Å². The number of rotatable bonds is 3. The summed E-state index contributed by atoms with van der Waals surface area (Å²) in [4.78, 5) is 5.54. The number of aromatic nitrogens is 1. The van der Waals surface area contributed by atoms with E-state index in [0.29, 0.717) is 6.04 Å². The molecule has 2 rings (SSSR count). The van der Waals surface area contributed by atoms with E-state index < -0.39 is 10.8 Å². The minimum atomic E-state index is -0.555. The molecule has 2 heterocycles. The Balaban J connectivity index is 1.79. The van der Waals surface area contributed by atoms with Crippen LogP contribution in [0.4, 0.5) is 0 Å². The Morgan fingerprint density at radius 2 is 2.33 bits per heavy atom. The van der Waals surface area contributed by atoms with Crippen molar-refractivity contribution in [1.82, 2.24) is 10.3 Å². The second kappa shape index (κ2) is 5.18. The molecular formula is C10H16N2OS2. The third kappa shape index (κ3) is 3.09. The summed E-state index contributed by atoms with van der Waals surface area (Å²) >= 11 is 1.71. The monoisotopic (exact) mass is 244 g/mol. The average molecular weight is 244 g/mol. The van der Waals surface area contributed by atoms with E-state index in [1.54, 1.807) is 11.3 Å². The lowest BCUT2D eigenvalue weighted by atomic mass is 10.1. The van der Waals surface area contributed by atoms with Crippen LogP contribution in [0.1, 0.15) is 23.4 Å². The highest BCUT2D eigenvalue weighted by atomic mass is 32.2. The van der Waals surface area contributed by atoms with Crippen molar-refractivity contribution >= 4 is 22.1 Å². The van der Waals surface area contributed by atoms with E-state index in [1.165, 1.54) is 4.88 Å². The van der Waals surface area contributed by atoms with Gasteiger partial charge in [-0.3, -0.25) is 4.21 Å². The van der Waals surface area contributed by atoms with Gasteiger partial charge in [0.05, 0.1) is 11.2 Å². The number of nitrogens with zero attached hydrogens (tertiary/aromatic N) is 1. The van der Waals surface area contributed by atoms with Crippen LogP contribution in [0.5, 0.6) is 0 Å². The lowest BCUT2D eigenvalue weighted by Gasteiger charge is -2.22. The van der Waals surface area contributed by atoms with Gasteiger partial charge in [-0.1, -0.05) is 0 Å². The lowest BCUT2D eigenvalue weighted by Crippen LogP contribution is -2.35. The van der Waals surface area contributed by atoms with E-state index in [0.717, 1.165) is 36.6 Å². The molecule has 15 heavy (non-hydrogen) atoms. The molecule has 0 atom stereocenters. The van der Waals surface area contributed by atoms with E-state index in [-0.39, 0.29) is 0 Å². The molecule has 0 aromatic carbocycles. The zero-order valence-corrected chi connectivity index (χ0v) is 10.5. The summed E-state index contributed by atoms with van der Waals surface area (Å²) in [6.07, 6.45) is 2.09. The number of hydrogen-bond donors (Lipinski definition) is 1. The Hall–Kier alpha value is -0.260. The van der Waals surface area contributed by atoms with E-state index in [4.69, 9.17) is 0 Å². The van der Waals surface area contributed by atoms with Gasteiger partial charge in [0, 0.05) is 39.8 Å². The summed E-state index contributed by atoms with van der Waals surface area (Å²) in [5, 5.41) is 3.52. The highest BCUT2D eigenvalue weighted by Gasteiger charge is 2.17. The molecular weight excluding hydrogens is 228 g/mol. The number of hydrogen-bond acceptors (Lipinski definition) is 4. The standard InChI is InChI=1S/C10H16N2OS2/c1-8-10(14-7-12-8)6-11-9-2-4-15(13)5-3-9/h7,9,11H,2-6H2,1H3. The van der Waals surface area contributed by atoms with Crippen molar-refractivity contribution < 1.29 is 4.21 Å². The second-order valence-electron chi connectivity index (χ2n) is 3.86.